The summed E-state index contributed by atoms with van der Waals surface area (Å²) in [6, 6.07) is 5.38. The van der Waals surface area contributed by atoms with Crippen molar-refractivity contribution >= 4 is 11.9 Å². The molecule has 19 heavy (non-hydrogen) atoms. The van der Waals surface area contributed by atoms with Crippen LogP contribution in [-0.2, 0) is 21.5 Å². The number of hydrogen-bond donors (Lipinski definition) is 2. The average molecular weight is 263 g/mol. The third-order valence-corrected chi connectivity index (χ3v) is 3.53. The number of benzene rings is 1. The highest BCUT2D eigenvalue weighted by molar-refractivity contribution is 5.88. The van der Waals surface area contributed by atoms with Gasteiger partial charge in [-0.25, -0.2) is 4.79 Å². The first kappa shape index (κ1) is 13.4. The van der Waals surface area contributed by atoms with Crippen LogP contribution in [0.25, 0.3) is 0 Å². The lowest BCUT2D eigenvalue weighted by Crippen LogP contribution is -2.53. The van der Waals surface area contributed by atoms with Crippen molar-refractivity contribution < 1.29 is 19.4 Å². The van der Waals surface area contributed by atoms with Crippen LogP contribution in [0.4, 0.5) is 0 Å². The van der Waals surface area contributed by atoms with Crippen LogP contribution in [0.1, 0.15) is 30.9 Å². The fraction of sp³-hybridized carbons (Fsp3) is 0.429. The van der Waals surface area contributed by atoms with E-state index in [1.165, 1.54) is 14.0 Å². The van der Waals surface area contributed by atoms with Gasteiger partial charge in [-0.2, -0.15) is 0 Å². The van der Waals surface area contributed by atoms with Crippen LogP contribution in [0.15, 0.2) is 18.2 Å². The Morgan fingerprint density at radius 2 is 2.16 bits per heavy atom. The Hall–Kier alpha value is -2.04. The van der Waals surface area contributed by atoms with E-state index in [0.717, 1.165) is 18.4 Å². The van der Waals surface area contributed by atoms with Gasteiger partial charge < -0.3 is 15.2 Å². The third-order valence-electron chi connectivity index (χ3n) is 3.53. The molecule has 0 aromatic heterocycles. The van der Waals surface area contributed by atoms with Crippen molar-refractivity contribution in [3.8, 4) is 5.75 Å². The first-order chi connectivity index (χ1) is 8.99. The molecule has 1 aliphatic rings. The SMILES string of the molecule is COc1ccc2c(c1)C(NC(C)=O)(C(=O)O)CCC2. The molecule has 2 N–H and O–H groups in total. The van der Waals surface area contributed by atoms with Crippen molar-refractivity contribution in [2.75, 3.05) is 7.11 Å². The number of methoxy groups -OCH3 is 1. The van der Waals surface area contributed by atoms with E-state index >= 15 is 0 Å². The van der Waals surface area contributed by atoms with E-state index in [-0.39, 0.29) is 5.91 Å². The normalized spacial score (nSPS) is 21.4. The molecule has 1 aromatic carbocycles. The molecule has 1 aliphatic carbocycles. The Labute approximate surface area is 111 Å². The molecule has 0 heterocycles. The average Bonchev–Trinajstić information content (AvgIpc) is 2.37. The van der Waals surface area contributed by atoms with Gasteiger partial charge in [-0.15, -0.1) is 0 Å². The van der Waals surface area contributed by atoms with Crippen LogP contribution in [0, 0.1) is 0 Å². The third kappa shape index (κ3) is 2.28. The number of carbonyl (C=O) groups is 2. The molecule has 1 amide bonds. The highest BCUT2D eigenvalue weighted by Crippen LogP contribution is 2.37. The predicted octanol–water partition coefficient (Wildman–Crippen LogP) is 1.45. The van der Waals surface area contributed by atoms with Gasteiger partial charge in [0, 0.05) is 6.92 Å². The number of nitrogens with one attached hydrogen (secondary N) is 1. The quantitative estimate of drug-likeness (QED) is 0.865. The second-order valence-corrected chi connectivity index (χ2v) is 4.77. The van der Waals surface area contributed by atoms with Crippen molar-refractivity contribution in [3.05, 3.63) is 29.3 Å². The Balaban J connectivity index is 2.59. The van der Waals surface area contributed by atoms with Gasteiger partial charge in [0.05, 0.1) is 7.11 Å². The monoisotopic (exact) mass is 263 g/mol. The van der Waals surface area contributed by atoms with Gasteiger partial charge in [0.25, 0.3) is 0 Å². The molecule has 0 bridgehead atoms. The Morgan fingerprint density at radius 1 is 1.42 bits per heavy atom. The standard InChI is InChI=1S/C14H17NO4/c1-9(16)15-14(13(17)18)7-3-4-10-5-6-11(19-2)8-12(10)14/h5-6,8H,3-4,7H2,1-2H3,(H,15,16)(H,17,18). The van der Waals surface area contributed by atoms with E-state index < -0.39 is 11.5 Å². The molecule has 2 rings (SSSR count). The van der Waals surface area contributed by atoms with Gasteiger partial charge in [-0.3, -0.25) is 4.79 Å². The number of amides is 1. The van der Waals surface area contributed by atoms with Gasteiger partial charge in [0.15, 0.2) is 5.54 Å². The van der Waals surface area contributed by atoms with E-state index in [2.05, 4.69) is 5.32 Å². The van der Waals surface area contributed by atoms with E-state index in [9.17, 15) is 14.7 Å². The van der Waals surface area contributed by atoms with Crippen molar-refractivity contribution in [1.82, 2.24) is 5.32 Å². The van der Waals surface area contributed by atoms with Gasteiger partial charge in [-0.1, -0.05) is 6.07 Å². The molecular weight excluding hydrogens is 246 g/mol. The zero-order valence-electron chi connectivity index (χ0n) is 11.0. The first-order valence-electron chi connectivity index (χ1n) is 6.19. The van der Waals surface area contributed by atoms with Crippen LogP contribution in [-0.4, -0.2) is 24.1 Å². The van der Waals surface area contributed by atoms with Crippen LogP contribution in [0.2, 0.25) is 0 Å². The van der Waals surface area contributed by atoms with Gasteiger partial charge in [0.1, 0.15) is 5.75 Å². The minimum Gasteiger partial charge on any atom is -0.497 e. The van der Waals surface area contributed by atoms with Gasteiger partial charge >= 0.3 is 5.97 Å². The van der Waals surface area contributed by atoms with Crippen molar-refractivity contribution in [3.63, 3.8) is 0 Å². The topological polar surface area (TPSA) is 75.6 Å². The molecule has 1 unspecified atom stereocenters. The molecule has 0 spiro atoms. The molecule has 1 atom stereocenters. The maximum atomic E-state index is 11.7. The summed E-state index contributed by atoms with van der Waals surface area (Å²) in [5, 5.41) is 12.2. The van der Waals surface area contributed by atoms with Crippen molar-refractivity contribution in [2.45, 2.75) is 31.7 Å². The van der Waals surface area contributed by atoms with E-state index in [1.54, 1.807) is 6.07 Å². The number of rotatable bonds is 3. The van der Waals surface area contributed by atoms with Crippen molar-refractivity contribution in [1.29, 1.82) is 0 Å². The summed E-state index contributed by atoms with van der Waals surface area (Å²) in [5.41, 5.74) is 0.234. The first-order valence-corrected chi connectivity index (χ1v) is 6.19. The molecule has 102 valence electrons. The number of aryl methyl sites for hydroxylation is 1. The van der Waals surface area contributed by atoms with Gasteiger partial charge in [0.2, 0.25) is 5.91 Å². The number of ether oxygens (including phenoxy) is 1. The molecule has 5 heteroatoms. The molecular formula is C14H17NO4. The lowest BCUT2D eigenvalue weighted by Gasteiger charge is -2.36. The molecule has 5 nitrogen and oxygen atoms in total. The molecule has 0 saturated heterocycles. The molecule has 0 aliphatic heterocycles. The van der Waals surface area contributed by atoms with Crippen molar-refractivity contribution in [2.24, 2.45) is 0 Å². The number of carboxylic acids is 1. The zero-order valence-corrected chi connectivity index (χ0v) is 11.0. The van der Waals surface area contributed by atoms with Crippen LogP contribution in [0.5, 0.6) is 5.75 Å². The molecule has 0 radical (unpaired) electrons. The number of aliphatic carboxylic acids is 1. The molecule has 0 fully saturated rings. The molecule has 1 aromatic rings. The molecule has 0 saturated carbocycles. The van der Waals surface area contributed by atoms with Crippen LogP contribution < -0.4 is 10.1 Å². The summed E-state index contributed by atoms with van der Waals surface area (Å²) in [4.78, 5) is 23.1. The summed E-state index contributed by atoms with van der Waals surface area (Å²) < 4.78 is 5.15. The maximum Gasteiger partial charge on any atom is 0.334 e. The second-order valence-electron chi connectivity index (χ2n) is 4.77. The Bertz CT molecular complexity index is 526. The number of carbonyl (C=O) groups excluding carboxylic acids is 1. The summed E-state index contributed by atoms with van der Waals surface area (Å²) >= 11 is 0. The highest BCUT2D eigenvalue weighted by atomic mass is 16.5. The van der Waals surface area contributed by atoms with E-state index in [1.807, 2.05) is 12.1 Å². The largest absolute Gasteiger partial charge is 0.497 e. The summed E-state index contributed by atoms with van der Waals surface area (Å²) in [5.74, 6) is -0.786. The van der Waals surface area contributed by atoms with Gasteiger partial charge in [-0.05, 0) is 42.5 Å². The fourth-order valence-corrected chi connectivity index (χ4v) is 2.68. The minimum atomic E-state index is -1.34. The minimum absolute atomic E-state index is 0.349. The van der Waals surface area contributed by atoms with Crippen LogP contribution >= 0.6 is 0 Å². The second kappa shape index (κ2) is 4.91. The lowest BCUT2D eigenvalue weighted by atomic mass is 9.76. The summed E-state index contributed by atoms with van der Waals surface area (Å²) in [7, 11) is 1.53. The number of carboxylic acid groups (broad SMARTS) is 1. The summed E-state index contributed by atoms with van der Waals surface area (Å²) in [6.07, 6.45) is 1.93. The Kier molecular flexibility index (Phi) is 3.46. The fourth-order valence-electron chi connectivity index (χ4n) is 2.68. The summed E-state index contributed by atoms with van der Waals surface area (Å²) in [6.45, 7) is 1.33. The smallest absolute Gasteiger partial charge is 0.334 e. The number of hydrogen-bond acceptors (Lipinski definition) is 3. The highest BCUT2D eigenvalue weighted by Gasteiger charge is 2.44. The zero-order chi connectivity index (χ0) is 14.0. The lowest BCUT2D eigenvalue weighted by molar-refractivity contribution is -0.148. The predicted molar refractivity (Wildman–Crippen MR) is 69.1 cm³/mol. The van der Waals surface area contributed by atoms with E-state index in [4.69, 9.17) is 4.74 Å². The van der Waals surface area contributed by atoms with E-state index in [0.29, 0.717) is 17.7 Å². The number of fused-ring (bicyclic) bond motifs is 1. The van der Waals surface area contributed by atoms with Crippen LogP contribution in [0.3, 0.4) is 0 Å². The Morgan fingerprint density at radius 3 is 2.74 bits per heavy atom. The maximum absolute atomic E-state index is 11.7.